The smallest absolute Gasteiger partial charge is 0.129 e. The van der Waals surface area contributed by atoms with Crippen molar-refractivity contribution < 1.29 is 4.39 Å². The van der Waals surface area contributed by atoms with Crippen LogP contribution in [-0.2, 0) is 6.42 Å². The first-order valence-electron chi connectivity index (χ1n) is 13.0. The minimum absolute atomic E-state index is 0.0991. The molecule has 0 heterocycles. The normalized spacial score (nSPS) is 20.5. The van der Waals surface area contributed by atoms with Crippen LogP contribution in [0.5, 0.6) is 0 Å². The molecule has 0 bridgehead atoms. The van der Waals surface area contributed by atoms with E-state index in [-0.39, 0.29) is 6.04 Å². The fourth-order valence-corrected chi connectivity index (χ4v) is 4.19. The van der Waals surface area contributed by atoms with E-state index in [1.54, 1.807) is 0 Å². The van der Waals surface area contributed by atoms with Crippen molar-refractivity contribution >= 4 is 5.57 Å². The zero-order valence-corrected chi connectivity index (χ0v) is 21.4. The molecule has 1 aliphatic rings. The maximum Gasteiger partial charge on any atom is 0.129 e. The Balaban J connectivity index is 1.58. The molecule has 190 valence electrons. The van der Waals surface area contributed by atoms with Crippen molar-refractivity contribution in [3.63, 3.8) is 0 Å². The van der Waals surface area contributed by atoms with Crippen LogP contribution in [0.1, 0.15) is 30.9 Å². The Bertz CT molecular complexity index is 1050. The first-order valence-corrected chi connectivity index (χ1v) is 13.0. The van der Waals surface area contributed by atoms with Crippen LogP contribution in [0.25, 0.3) is 5.57 Å². The Labute approximate surface area is 216 Å². The molecule has 1 aliphatic carbocycles. The summed E-state index contributed by atoms with van der Waals surface area (Å²) in [4.78, 5) is 0. The van der Waals surface area contributed by atoms with Crippen LogP contribution in [0, 0.1) is 5.92 Å². The lowest BCUT2D eigenvalue weighted by Crippen LogP contribution is -2.21. The Morgan fingerprint density at radius 1 is 1.06 bits per heavy atom. The summed E-state index contributed by atoms with van der Waals surface area (Å²) < 4.78 is 13.7. The molecule has 2 aromatic rings. The molecule has 0 saturated carbocycles. The van der Waals surface area contributed by atoms with Crippen LogP contribution >= 0.6 is 0 Å². The number of rotatable bonds is 13. The van der Waals surface area contributed by atoms with E-state index in [1.165, 1.54) is 22.3 Å². The van der Waals surface area contributed by atoms with Crippen molar-refractivity contribution in [3.05, 3.63) is 126 Å². The van der Waals surface area contributed by atoms with E-state index in [0.717, 1.165) is 32.4 Å². The Morgan fingerprint density at radius 2 is 1.81 bits per heavy atom. The van der Waals surface area contributed by atoms with Crippen LogP contribution in [0.2, 0.25) is 0 Å². The van der Waals surface area contributed by atoms with E-state index in [1.807, 2.05) is 42.5 Å². The molecule has 0 aromatic heterocycles. The molecule has 4 N–H and O–H groups in total. The van der Waals surface area contributed by atoms with Gasteiger partial charge in [-0.15, -0.1) is 0 Å². The summed E-state index contributed by atoms with van der Waals surface area (Å²) in [6, 6.07) is 20.8. The molecular weight excluding hydrogens is 445 g/mol. The number of benzene rings is 2. The number of allylic oxidation sites excluding steroid dienone is 6. The molecule has 0 spiro atoms. The van der Waals surface area contributed by atoms with Gasteiger partial charge in [-0.1, -0.05) is 104 Å². The third-order valence-corrected chi connectivity index (χ3v) is 6.35. The van der Waals surface area contributed by atoms with Gasteiger partial charge in [-0.25, -0.2) is 4.39 Å². The molecule has 3 rings (SSSR count). The van der Waals surface area contributed by atoms with Gasteiger partial charge in [0.2, 0.25) is 0 Å². The van der Waals surface area contributed by atoms with Crippen molar-refractivity contribution in [2.75, 3.05) is 26.3 Å². The zero-order valence-electron chi connectivity index (χ0n) is 21.4. The summed E-state index contributed by atoms with van der Waals surface area (Å²) in [7, 11) is 0. The first-order chi connectivity index (χ1) is 17.7. The van der Waals surface area contributed by atoms with Crippen molar-refractivity contribution in [1.29, 1.82) is 0 Å². The molecule has 0 radical (unpaired) electrons. The molecular formula is C32H40FN3. The lowest BCUT2D eigenvalue weighted by Gasteiger charge is -2.17. The van der Waals surface area contributed by atoms with Gasteiger partial charge in [-0.2, -0.15) is 0 Å². The third kappa shape index (κ3) is 9.80. The van der Waals surface area contributed by atoms with Gasteiger partial charge in [0.15, 0.2) is 0 Å². The number of hydrogen-bond donors (Lipinski definition) is 3. The second kappa shape index (κ2) is 15.7. The molecule has 0 amide bonds. The largest absolute Gasteiger partial charge is 0.386 e. The number of halogens is 1. The quantitative estimate of drug-likeness (QED) is 0.236. The SMILES string of the molecule is C[C@H](CCNCC1=C/C=C/[C@@H](N)C/C=C\1)/C(=C\C=C(/CF)NCCc1ccccc1)c1ccccc1. The predicted octanol–water partition coefficient (Wildman–Crippen LogP) is 6.14. The minimum atomic E-state index is -0.509. The van der Waals surface area contributed by atoms with E-state index in [9.17, 15) is 4.39 Å². The summed E-state index contributed by atoms with van der Waals surface area (Å²) >= 11 is 0. The first kappa shape index (κ1) is 27.4. The van der Waals surface area contributed by atoms with Crippen molar-refractivity contribution in [2.24, 2.45) is 11.7 Å². The lowest BCUT2D eigenvalue weighted by atomic mass is 9.91. The molecule has 0 aliphatic heterocycles. The van der Waals surface area contributed by atoms with Gasteiger partial charge in [0, 0.05) is 24.8 Å². The van der Waals surface area contributed by atoms with Gasteiger partial charge in [0.1, 0.15) is 6.67 Å². The van der Waals surface area contributed by atoms with Crippen LogP contribution < -0.4 is 16.4 Å². The topological polar surface area (TPSA) is 50.1 Å². The second-order valence-electron chi connectivity index (χ2n) is 9.27. The number of nitrogens with one attached hydrogen (secondary N) is 2. The highest BCUT2D eigenvalue weighted by molar-refractivity contribution is 5.68. The Morgan fingerprint density at radius 3 is 2.56 bits per heavy atom. The monoisotopic (exact) mass is 485 g/mol. The molecule has 2 atom stereocenters. The van der Waals surface area contributed by atoms with Crippen LogP contribution in [0.3, 0.4) is 0 Å². The average Bonchev–Trinajstić information content (AvgIpc) is 2.89. The standard InChI is InChI=1S/C32H40FN3/c1-26(20-22-35-25-28-12-8-16-30(34)17-9-13-28)32(29-14-6-3-7-15-29)19-18-31(24-33)36-23-21-27-10-4-2-5-11-27/h2-16,18-19,26,30,35-36H,17,20-25,34H2,1H3/b13-9-,16-8+,28-12+,31-18+,32-19+/t26-,30-/m1/s1. The summed E-state index contributed by atoms with van der Waals surface area (Å²) in [6.45, 7) is 4.16. The van der Waals surface area contributed by atoms with Gasteiger partial charge >= 0.3 is 0 Å². The second-order valence-corrected chi connectivity index (χ2v) is 9.27. The fraction of sp³-hybridized carbons (Fsp3) is 0.312. The van der Waals surface area contributed by atoms with Crippen molar-refractivity contribution in [3.8, 4) is 0 Å². The number of hydrogen-bond acceptors (Lipinski definition) is 3. The van der Waals surface area contributed by atoms with Gasteiger partial charge in [-0.05, 0) is 60.1 Å². The average molecular weight is 486 g/mol. The third-order valence-electron chi connectivity index (χ3n) is 6.35. The number of alkyl halides is 1. The minimum Gasteiger partial charge on any atom is -0.386 e. The van der Waals surface area contributed by atoms with Crippen LogP contribution in [-0.4, -0.2) is 32.4 Å². The van der Waals surface area contributed by atoms with Gasteiger partial charge in [0.05, 0.1) is 0 Å². The predicted molar refractivity (Wildman–Crippen MR) is 152 cm³/mol. The van der Waals surface area contributed by atoms with E-state index in [2.05, 4.69) is 78.3 Å². The highest BCUT2D eigenvalue weighted by atomic mass is 19.1. The van der Waals surface area contributed by atoms with Crippen molar-refractivity contribution in [1.82, 2.24) is 10.6 Å². The summed E-state index contributed by atoms with van der Waals surface area (Å²) in [6.07, 6.45) is 17.2. The summed E-state index contributed by atoms with van der Waals surface area (Å²) in [5.74, 6) is 0.320. The fourth-order valence-electron chi connectivity index (χ4n) is 4.19. The van der Waals surface area contributed by atoms with Crippen LogP contribution in [0.4, 0.5) is 4.39 Å². The molecule has 2 aromatic carbocycles. The molecule has 36 heavy (non-hydrogen) atoms. The van der Waals surface area contributed by atoms with Crippen molar-refractivity contribution in [2.45, 2.75) is 32.2 Å². The van der Waals surface area contributed by atoms with E-state index in [0.29, 0.717) is 18.2 Å². The van der Waals surface area contributed by atoms with E-state index < -0.39 is 6.67 Å². The lowest BCUT2D eigenvalue weighted by molar-refractivity contribution is 0.517. The Kier molecular flexibility index (Phi) is 12.0. The Hall–Kier alpha value is -3.21. The van der Waals surface area contributed by atoms with Crippen LogP contribution in [0.15, 0.2) is 114 Å². The van der Waals surface area contributed by atoms with Gasteiger partial charge < -0.3 is 16.4 Å². The highest BCUT2D eigenvalue weighted by Gasteiger charge is 2.11. The number of nitrogens with two attached hydrogens (primary N) is 1. The summed E-state index contributed by atoms with van der Waals surface area (Å²) in [5.41, 5.74) is 11.5. The molecule has 0 saturated heterocycles. The maximum absolute atomic E-state index is 13.7. The van der Waals surface area contributed by atoms with Gasteiger partial charge in [-0.3, -0.25) is 0 Å². The zero-order chi connectivity index (χ0) is 25.4. The highest BCUT2D eigenvalue weighted by Crippen LogP contribution is 2.26. The molecule has 0 unspecified atom stereocenters. The molecule has 4 heteroatoms. The van der Waals surface area contributed by atoms with Gasteiger partial charge in [0.25, 0.3) is 0 Å². The maximum atomic E-state index is 13.7. The molecule has 3 nitrogen and oxygen atoms in total. The van der Waals surface area contributed by atoms with E-state index in [4.69, 9.17) is 5.73 Å². The van der Waals surface area contributed by atoms with E-state index >= 15 is 0 Å². The molecule has 0 fully saturated rings. The summed E-state index contributed by atoms with van der Waals surface area (Å²) in [5, 5.41) is 6.84.